The highest BCUT2D eigenvalue weighted by Crippen LogP contribution is 2.29. The SMILES string of the molecule is O=C(CCN(Cc1ccco1)S(=O)(=O)c1cc(Cl)ccc1Cl)NCCC(c1ccccc1)c1ccccc1. The number of nitrogens with zero attached hydrogens (tertiary/aromatic N) is 1. The molecule has 0 atom stereocenters. The molecule has 0 aliphatic rings. The molecule has 0 aliphatic carbocycles. The number of carbonyl (C=O) groups is 1. The van der Waals surface area contributed by atoms with Gasteiger partial charge in [0.2, 0.25) is 15.9 Å². The second-order valence-corrected chi connectivity index (χ2v) is 11.5. The summed E-state index contributed by atoms with van der Waals surface area (Å²) >= 11 is 12.2. The van der Waals surface area contributed by atoms with Gasteiger partial charge < -0.3 is 9.73 Å². The highest BCUT2D eigenvalue weighted by molar-refractivity contribution is 7.89. The summed E-state index contributed by atoms with van der Waals surface area (Å²) in [5, 5.41) is 3.24. The summed E-state index contributed by atoms with van der Waals surface area (Å²) in [6.45, 7) is 0.340. The molecule has 0 radical (unpaired) electrons. The van der Waals surface area contributed by atoms with Gasteiger partial charge in [0, 0.05) is 30.5 Å². The van der Waals surface area contributed by atoms with E-state index in [1.54, 1.807) is 12.1 Å². The predicted molar refractivity (Wildman–Crippen MR) is 150 cm³/mol. The molecule has 6 nitrogen and oxygen atoms in total. The Balaban J connectivity index is 1.42. The standard InChI is InChI=1S/C29H28Cl2N2O4S/c30-24-13-14-27(31)28(20-24)38(35,36)33(21-25-12-7-19-37-25)18-16-29(34)32-17-15-26(22-8-3-1-4-9-22)23-10-5-2-6-11-23/h1-14,19-20,26H,15-18,21H2,(H,32,34). The Hall–Kier alpha value is -3.10. The van der Waals surface area contributed by atoms with E-state index < -0.39 is 10.0 Å². The maximum atomic E-state index is 13.5. The van der Waals surface area contributed by atoms with E-state index >= 15 is 0 Å². The third-order valence-corrected chi connectivity index (χ3v) is 8.73. The Morgan fingerprint density at radius 2 is 1.55 bits per heavy atom. The van der Waals surface area contributed by atoms with E-state index in [0.717, 1.165) is 0 Å². The normalized spacial score (nSPS) is 11.7. The summed E-state index contributed by atoms with van der Waals surface area (Å²) < 4.78 is 33.5. The van der Waals surface area contributed by atoms with E-state index in [-0.39, 0.29) is 46.3 Å². The van der Waals surface area contributed by atoms with Gasteiger partial charge in [-0.1, -0.05) is 83.9 Å². The molecule has 9 heteroatoms. The molecule has 0 saturated carbocycles. The lowest BCUT2D eigenvalue weighted by atomic mass is 9.88. The zero-order chi connectivity index (χ0) is 27.0. The zero-order valence-corrected chi connectivity index (χ0v) is 22.9. The summed E-state index contributed by atoms with van der Waals surface area (Å²) in [5.41, 5.74) is 2.34. The molecule has 0 fully saturated rings. The van der Waals surface area contributed by atoms with Crippen molar-refractivity contribution in [1.82, 2.24) is 9.62 Å². The monoisotopic (exact) mass is 570 g/mol. The van der Waals surface area contributed by atoms with E-state index in [2.05, 4.69) is 29.6 Å². The van der Waals surface area contributed by atoms with Crippen LogP contribution in [-0.2, 0) is 21.4 Å². The van der Waals surface area contributed by atoms with Gasteiger partial charge >= 0.3 is 0 Å². The molecule has 38 heavy (non-hydrogen) atoms. The molecule has 1 amide bonds. The van der Waals surface area contributed by atoms with Gasteiger partial charge in [-0.05, 0) is 47.9 Å². The average Bonchev–Trinajstić information content (AvgIpc) is 3.44. The summed E-state index contributed by atoms with van der Waals surface area (Å²) in [5.74, 6) is 0.320. The summed E-state index contributed by atoms with van der Waals surface area (Å²) in [6.07, 6.45) is 2.14. The van der Waals surface area contributed by atoms with Crippen molar-refractivity contribution in [2.24, 2.45) is 0 Å². The van der Waals surface area contributed by atoms with Crippen LogP contribution < -0.4 is 5.32 Å². The first-order chi connectivity index (χ1) is 18.3. The number of hydrogen-bond acceptors (Lipinski definition) is 4. The molecular weight excluding hydrogens is 543 g/mol. The van der Waals surface area contributed by atoms with Crippen LogP contribution in [0.4, 0.5) is 0 Å². The number of furan rings is 1. The number of nitrogens with one attached hydrogen (secondary N) is 1. The van der Waals surface area contributed by atoms with Crippen LogP contribution in [0.2, 0.25) is 10.0 Å². The van der Waals surface area contributed by atoms with Gasteiger partial charge in [-0.3, -0.25) is 4.79 Å². The number of benzene rings is 3. The van der Waals surface area contributed by atoms with Crippen LogP contribution in [0.1, 0.15) is 35.6 Å². The Bertz CT molecular complexity index is 1390. The van der Waals surface area contributed by atoms with Gasteiger partial charge in [-0.15, -0.1) is 0 Å². The number of amides is 1. The fourth-order valence-corrected chi connectivity index (χ4v) is 6.39. The van der Waals surface area contributed by atoms with Gasteiger partial charge in [-0.2, -0.15) is 4.31 Å². The number of sulfonamides is 1. The van der Waals surface area contributed by atoms with E-state index in [9.17, 15) is 13.2 Å². The maximum absolute atomic E-state index is 13.5. The Morgan fingerprint density at radius 1 is 0.895 bits per heavy atom. The van der Waals surface area contributed by atoms with Crippen molar-refractivity contribution < 1.29 is 17.6 Å². The van der Waals surface area contributed by atoms with Gasteiger partial charge in [-0.25, -0.2) is 8.42 Å². The lowest BCUT2D eigenvalue weighted by Gasteiger charge is -2.22. The molecule has 4 aromatic rings. The topological polar surface area (TPSA) is 79.6 Å². The van der Waals surface area contributed by atoms with E-state index in [1.807, 2.05) is 36.4 Å². The van der Waals surface area contributed by atoms with Gasteiger partial charge in [0.1, 0.15) is 10.7 Å². The Morgan fingerprint density at radius 3 is 2.16 bits per heavy atom. The van der Waals surface area contributed by atoms with Crippen LogP contribution in [0.5, 0.6) is 0 Å². The molecule has 0 saturated heterocycles. The molecule has 0 aliphatic heterocycles. The fourth-order valence-electron chi connectivity index (χ4n) is 4.24. The van der Waals surface area contributed by atoms with E-state index in [4.69, 9.17) is 27.6 Å². The van der Waals surface area contributed by atoms with Crippen LogP contribution in [-0.4, -0.2) is 31.7 Å². The van der Waals surface area contributed by atoms with Gasteiger partial charge in [0.05, 0.1) is 17.8 Å². The third kappa shape index (κ3) is 7.26. The minimum Gasteiger partial charge on any atom is -0.468 e. The molecule has 0 unspecified atom stereocenters. The molecule has 198 valence electrons. The predicted octanol–water partition coefficient (Wildman–Crippen LogP) is 6.51. The zero-order valence-electron chi connectivity index (χ0n) is 20.6. The second kappa shape index (κ2) is 13.1. The van der Waals surface area contributed by atoms with Crippen molar-refractivity contribution in [2.45, 2.75) is 30.2 Å². The number of hydrogen-bond donors (Lipinski definition) is 1. The molecule has 4 rings (SSSR count). The second-order valence-electron chi connectivity index (χ2n) is 8.76. The van der Waals surface area contributed by atoms with E-state index in [0.29, 0.717) is 18.7 Å². The number of halogens is 2. The summed E-state index contributed by atoms with van der Waals surface area (Å²) in [6, 6.07) is 27.9. The third-order valence-electron chi connectivity index (χ3n) is 6.17. The Labute approximate surface area is 233 Å². The number of rotatable bonds is 12. The lowest BCUT2D eigenvalue weighted by Crippen LogP contribution is -2.35. The minimum absolute atomic E-state index is 0.0283. The van der Waals surface area contributed by atoms with Crippen LogP contribution in [0, 0.1) is 0 Å². The number of carbonyl (C=O) groups excluding carboxylic acids is 1. The molecular formula is C29H28Cl2N2O4S. The van der Waals surface area contributed by atoms with Crippen molar-refractivity contribution in [3.63, 3.8) is 0 Å². The van der Waals surface area contributed by atoms with E-state index in [1.165, 1.54) is 39.9 Å². The summed E-state index contributed by atoms with van der Waals surface area (Å²) in [7, 11) is -4.06. The Kier molecular flexibility index (Phi) is 9.63. The van der Waals surface area contributed by atoms with Crippen molar-refractivity contribution in [1.29, 1.82) is 0 Å². The van der Waals surface area contributed by atoms with Crippen molar-refractivity contribution in [3.8, 4) is 0 Å². The van der Waals surface area contributed by atoms with Gasteiger partial charge in [0.25, 0.3) is 0 Å². The molecule has 0 bridgehead atoms. The molecule has 1 heterocycles. The molecule has 3 aromatic carbocycles. The van der Waals surface area contributed by atoms with Crippen LogP contribution in [0.15, 0.2) is 107 Å². The van der Waals surface area contributed by atoms with Crippen LogP contribution in [0.25, 0.3) is 0 Å². The quantitative estimate of drug-likeness (QED) is 0.210. The largest absolute Gasteiger partial charge is 0.468 e. The first kappa shape index (κ1) is 27.9. The van der Waals surface area contributed by atoms with Gasteiger partial charge in [0.15, 0.2) is 0 Å². The first-order valence-electron chi connectivity index (χ1n) is 12.2. The van der Waals surface area contributed by atoms with Crippen molar-refractivity contribution in [2.75, 3.05) is 13.1 Å². The molecule has 0 spiro atoms. The van der Waals surface area contributed by atoms with Crippen LogP contribution in [0.3, 0.4) is 0 Å². The minimum atomic E-state index is -4.06. The highest BCUT2D eigenvalue weighted by Gasteiger charge is 2.28. The average molecular weight is 572 g/mol. The van der Waals surface area contributed by atoms with Crippen molar-refractivity contribution >= 4 is 39.1 Å². The lowest BCUT2D eigenvalue weighted by molar-refractivity contribution is -0.121. The summed E-state index contributed by atoms with van der Waals surface area (Å²) in [4.78, 5) is 12.7. The molecule has 1 N–H and O–H groups in total. The van der Waals surface area contributed by atoms with Crippen LogP contribution >= 0.6 is 23.2 Å². The first-order valence-corrected chi connectivity index (χ1v) is 14.4. The van der Waals surface area contributed by atoms with Crippen molar-refractivity contribution in [3.05, 3.63) is 124 Å². The smallest absolute Gasteiger partial charge is 0.245 e. The maximum Gasteiger partial charge on any atom is 0.245 e. The fraction of sp³-hybridized carbons (Fsp3) is 0.207. The molecule has 1 aromatic heterocycles. The highest BCUT2D eigenvalue weighted by atomic mass is 35.5.